The fraction of sp³-hybridized carbons (Fsp3) is 0.533. The summed E-state index contributed by atoms with van der Waals surface area (Å²) < 4.78 is 0. The van der Waals surface area contributed by atoms with Crippen molar-refractivity contribution in [1.82, 2.24) is 5.32 Å². The number of carbonyl (C=O) groups is 1. The first-order valence-corrected chi connectivity index (χ1v) is 7.29. The van der Waals surface area contributed by atoms with Crippen LogP contribution < -0.4 is 5.32 Å². The van der Waals surface area contributed by atoms with E-state index >= 15 is 0 Å². The van der Waals surface area contributed by atoms with Crippen LogP contribution in [0, 0.1) is 23.7 Å². The first-order valence-electron chi connectivity index (χ1n) is 6.84. The Morgan fingerprint density at radius 2 is 1.83 bits per heavy atom. The van der Waals surface area contributed by atoms with Gasteiger partial charge in [0.25, 0.3) is 5.91 Å². The quantitative estimate of drug-likeness (QED) is 0.786. The summed E-state index contributed by atoms with van der Waals surface area (Å²) in [6, 6.07) is 7.98. The molecule has 1 aromatic carbocycles. The first-order chi connectivity index (χ1) is 8.75. The lowest BCUT2D eigenvalue weighted by Gasteiger charge is -2.11. The molecule has 0 aliphatic heterocycles. The van der Waals surface area contributed by atoms with E-state index in [1.54, 1.807) is 0 Å². The average molecular weight is 259 g/mol. The van der Waals surface area contributed by atoms with Gasteiger partial charge in [0, 0.05) is 10.9 Å². The van der Waals surface area contributed by atoms with Crippen LogP contribution in [0.4, 0.5) is 0 Å². The number of thiol groups is 1. The SMILES string of the molecule is O=C(NC1C2C3CCC(C3)C12)c1ccccc1S. The summed E-state index contributed by atoms with van der Waals surface area (Å²) >= 11 is 4.35. The number of hydrogen-bond donors (Lipinski definition) is 2. The van der Waals surface area contributed by atoms with Crippen molar-refractivity contribution in [2.24, 2.45) is 23.7 Å². The van der Waals surface area contributed by atoms with Gasteiger partial charge >= 0.3 is 0 Å². The van der Waals surface area contributed by atoms with E-state index in [0.717, 1.165) is 28.6 Å². The molecule has 2 nitrogen and oxygen atoms in total. The van der Waals surface area contributed by atoms with Gasteiger partial charge < -0.3 is 5.32 Å². The molecule has 4 atom stereocenters. The van der Waals surface area contributed by atoms with Gasteiger partial charge in [-0.15, -0.1) is 12.6 Å². The van der Waals surface area contributed by atoms with Crippen LogP contribution in [-0.4, -0.2) is 11.9 Å². The van der Waals surface area contributed by atoms with Gasteiger partial charge in [-0.1, -0.05) is 12.1 Å². The second-order valence-electron chi connectivity index (χ2n) is 6.00. The van der Waals surface area contributed by atoms with Crippen molar-refractivity contribution in [3.8, 4) is 0 Å². The van der Waals surface area contributed by atoms with Crippen LogP contribution in [0.1, 0.15) is 29.6 Å². The molecule has 4 unspecified atom stereocenters. The van der Waals surface area contributed by atoms with E-state index in [1.807, 2.05) is 24.3 Å². The van der Waals surface area contributed by atoms with Crippen LogP contribution in [0.2, 0.25) is 0 Å². The van der Waals surface area contributed by atoms with Gasteiger partial charge in [0.15, 0.2) is 0 Å². The fourth-order valence-corrected chi connectivity index (χ4v) is 4.68. The maximum absolute atomic E-state index is 12.2. The normalized spacial score (nSPS) is 39.5. The molecule has 0 aromatic heterocycles. The van der Waals surface area contributed by atoms with Crippen molar-refractivity contribution < 1.29 is 4.79 Å². The molecule has 3 heteroatoms. The highest BCUT2D eigenvalue weighted by atomic mass is 32.1. The minimum Gasteiger partial charge on any atom is -0.349 e. The van der Waals surface area contributed by atoms with Gasteiger partial charge in [-0.2, -0.15) is 0 Å². The highest BCUT2D eigenvalue weighted by molar-refractivity contribution is 7.80. The molecule has 0 saturated heterocycles. The van der Waals surface area contributed by atoms with E-state index < -0.39 is 0 Å². The van der Waals surface area contributed by atoms with Crippen molar-refractivity contribution in [2.45, 2.75) is 30.2 Å². The Hall–Kier alpha value is -0.960. The summed E-state index contributed by atoms with van der Waals surface area (Å²) in [4.78, 5) is 13.0. The Labute approximate surface area is 113 Å². The van der Waals surface area contributed by atoms with E-state index in [1.165, 1.54) is 19.3 Å². The van der Waals surface area contributed by atoms with Crippen molar-refractivity contribution in [1.29, 1.82) is 0 Å². The molecular formula is C15H17NOS. The molecule has 3 aliphatic carbocycles. The zero-order chi connectivity index (χ0) is 12.3. The Morgan fingerprint density at radius 1 is 1.17 bits per heavy atom. The molecule has 1 N–H and O–H groups in total. The molecule has 3 fully saturated rings. The highest BCUT2D eigenvalue weighted by Gasteiger charge is 2.65. The van der Waals surface area contributed by atoms with Crippen molar-refractivity contribution in [2.75, 3.05) is 0 Å². The number of rotatable bonds is 2. The van der Waals surface area contributed by atoms with E-state index in [0.29, 0.717) is 11.6 Å². The Morgan fingerprint density at radius 3 is 2.50 bits per heavy atom. The van der Waals surface area contributed by atoms with Crippen LogP contribution in [0.5, 0.6) is 0 Å². The fourth-order valence-electron chi connectivity index (χ4n) is 4.41. The van der Waals surface area contributed by atoms with Gasteiger partial charge in [0.2, 0.25) is 0 Å². The minimum atomic E-state index is 0.0550. The third kappa shape index (κ3) is 1.46. The number of nitrogens with one attached hydrogen (secondary N) is 1. The number of fused-ring (bicyclic) bond motifs is 5. The smallest absolute Gasteiger partial charge is 0.252 e. The molecule has 18 heavy (non-hydrogen) atoms. The molecule has 94 valence electrons. The third-order valence-electron chi connectivity index (χ3n) is 5.18. The van der Waals surface area contributed by atoms with Gasteiger partial charge in [0.1, 0.15) is 0 Å². The average Bonchev–Trinajstić information content (AvgIpc) is 2.77. The van der Waals surface area contributed by atoms with Gasteiger partial charge in [0.05, 0.1) is 5.56 Å². The molecule has 0 radical (unpaired) electrons. The molecule has 1 aromatic rings. The van der Waals surface area contributed by atoms with E-state index in [-0.39, 0.29) is 5.91 Å². The largest absolute Gasteiger partial charge is 0.349 e. The third-order valence-corrected chi connectivity index (χ3v) is 5.57. The predicted molar refractivity (Wildman–Crippen MR) is 72.8 cm³/mol. The molecule has 3 saturated carbocycles. The van der Waals surface area contributed by atoms with Crippen LogP contribution in [-0.2, 0) is 0 Å². The number of benzene rings is 1. The summed E-state index contributed by atoms with van der Waals surface area (Å²) in [7, 11) is 0. The lowest BCUT2D eigenvalue weighted by molar-refractivity contribution is 0.0941. The molecule has 0 heterocycles. The maximum atomic E-state index is 12.2. The lowest BCUT2D eigenvalue weighted by atomic mass is 10.0. The second kappa shape index (κ2) is 3.77. The van der Waals surface area contributed by atoms with Gasteiger partial charge in [-0.25, -0.2) is 0 Å². The highest BCUT2D eigenvalue weighted by Crippen LogP contribution is 2.65. The lowest BCUT2D eigenvalue weighted by Crippen LogP contribution is -2.30. The summed E-state index contributed by atoms with van der Waals surface area (Å²) in [5, 5.41) is 3.23. The van der Waals surface area contributed by atoms with Crippen molar-refractivity contribution >= 4 is 18.5 Å². The molecule has 1 amide bonds. The molecular weight excluding hydrogens is 242 g/mol. The summed E-state index contributed by atoms with van der Waals surface area (Å²) in [6.07, 6.45) is 4.20. The zero-order valence-corrected chi connectivity index (χ0v) is 11.1. The maximum Gasteiger partial charge on any atom is 0.252 e. The summed E-state index contributed by atoms with van der Waals surface area (Å²) in [5.41, 5.74) is 0.707. The number of hydrogen-bond acceptors (Lipinski definition) is 2. The number of amides is 1. The van der Waals surface area contributed by atoms with E-state index in [4.69, 9.17) is 0 Å². The number of carbonyl (C=O) groups excluding carboxylic acids is 1. The topological polar surface area (TPSA) is 29.1 Å². The molecule has 3 aliphatic rings. The standard InChI is InChI=1S/C15H17NOS/c17-15(10-3-1-2-4-11(10)18)16-14-12-8-5-6-9(7-8)13(12)14/h1-4,8-9,12-14,18H,5-7H2,(H,16,17). The van der Waals surface area contributed by atoms with Crippen molar-refractivity contribution in [3.05, 3.63) is 29.8 Å². The molecule has 2 bridgehead atoms. The second-order valence-corrected chi connectivity index (χ2v) is 6.49. The molecule has 0 spiro atoms. The summed E-state index contributed by atoms with van der Waals surface area (Å²) in [5.74, 6) is 3.44. The first kappa shape index (κ1) is 10.9. The minimum absolute atomic E-state index is 0.0550. The Kier molecular flexibility index (Phi) is 2.28. The Bertz CT molecular complexity index is 499. The van der Waals surface area contributed by atoms with Crippen LogP contribution >= 0.6 is 12.6 Å². The molecule has 4 rings (SSSR count). The Balaban J connectivity index is 1.48. The van der Waals surface area contributed by atoms with Crippen LogP contribution in [0.15, 0.2) is 29.2 Å². The van der Waals surface area contributed by atoms with E-state index in [2.05, 4.69) is 17.9 Å². The summed E-state index contributed by atoms with van der Waals surface area (Å²) in [6.45, 7) is 0. The predicted octanol–water partition coefficient (Wildman–Crippen LogP) is 2.75. The van der Waals surface area contributed by atoms with Crippen molar-refractivity contribution in [3.63, 3.8) is 0 Å². The zero-order valence-electron chi connectivity index (χ0n) is 10.2. The van der Waals surface area contributed by atoms with Crippen LogP contribution in [0.3, 0.4) is 0 Å². The van der Waals surface area contributed by atoms with Crippen LogP contribution in [0.25, 0.3) is 0 Å². The van der Waals surface area contributed by atoms with E-state index in [9.17, 15) is 4.79 Å². The van der Waals surface area contributed by atoms with Gasteiger partial charge in [-0.05, 0) is 55.1 Å². The monoisotopic (exact) mass is 259 g/mol. The van der Waals surface area contributed by atoms with Gasteiger partial charge in [-0.3, -0.25) is 4.79 Å².